The first-order valence-corrected chi connectivity index (χ1v) is 13.8. The molecule has 1 atom stereocenters. The first kappa shape index (κ1) is 28.8. The van der Waals surface area contributed by atoms with Crippen LogP contribution < -0.4 is 15.5 Å². The van der Waals surface area contributed by atoms with E-state index in [0.717, 1.165) is 36.8 Å². The minimum absolute atomic E-state index is 0.157. The summed E-state index contributed by atoms with van der Waals surface area (Å²) in [4.78, 5) is 60.0. The maximum absolute atomic E-state index is 14.0. The number of rotatable bonds is 6. The van der Waals surface area contributed by atoms with Crippen molar-refractivity contribution < 1.29 is 23.9 Å². The number of aliphatic imine (C=N–C) groups is 1. The number of urea groups is 1. The quantitative estimate of drug-likeness (QED) is 0.531. The number of carbonyl (C=O) groups is 4. The molecule has 212 valence electrons. The summed E-state index contributed by atoms with van der Waals surface area (Å²) in [6.07, 6.45) is 3.82. The van der Waals surface area contributed by atoms with Gasteiger partial charge in [-0.25, -0.2) is 4.79 Å². The molecule has 2 heterocycles. The van der Waals surface area contributed by atoms with Gasteiger partial charge in [0.1, 0.15) is 13.2 Å². The van der Waals surface area contributed by atoms with Crippen LogP contribution >= 0.6 is 0 Å². The zero-order chi connectivity index (χ0) is 28.6. The molecule has 2 N–H and O–H groups in total. The molecule has 0 bridgehead atoms. The highest BCUT2D eigenvalue weighted by Gasteiger charge is 2.35. The van der Waals surface area contributed by atoms with Crippen LogP contribution in [-0.2, 0) is 19.1 Å². The van der Waals surface area contributed by atoms with Gasteiger partial charge in [0.25, 0.3) is 5.91 Å². The van der Waals surface area contributed by atoms with Gasteiger partial charge in [0.2, 0.25) is 12.1 Å². The summed E-state index contributed by atoms with van der Waals surface area (Å²) in [6, 6.07) is 12.1. The molecule has 1 saturated heterocycles. The number of anilines is 2. The van der Waals surface area contributed by atoms with Crippen molar-refractivity contribution in [3.05, 3.63) is 59.2 Å². The van der Waals surface area contributed by atoms with Crippen molar-refractivity contribution in [1.82, 2.24) is 10.2 Å². The number of esters is 1. The number of fused-ring (bicyclic) bond motifs is 1. The van der Waals surface area contributed by atoms with Crippen LogP contribution in [0.4, 0.5) is 16.2 Å². The Kier molecular flexibility index (Phi) is 9.52. The summed E-state index contributed by atoms with van der Waals surface area (Å²) in [7, 11) is 0. The lowest BCUT2D eigenvalue weighted by atomic mass is 10.0. The van der Waals surface area contributed by atoms with Crippen molar-refractivity contribution in [1.29, 1.82) is 0 Å². The summed E-state index contributed by atoms with van der Waals surface area (Å²) in [5.74, 6) is -1.21. The van der Waals surface area contributed by atoms with E-state index in [1.165, 1.54) is 18.2 Å². The zero-order valence-electron chi connectivity index (χ0n) is 23.4. The Morgan fingerprint density at radius 3 is 2.40 bits per heavy atom. The minimum atomic E-state index is -1.35. The first-order chi connectivity index (χ1) is 19.2. The van der Waals surface area contributed by atoms with Gasteiger partial charge in [0, 0.05) is 31.3 Å². The van der Waals surface area contributed by atoms with Crippen molar-refractivity contribution in [2.75, 3.05) is 36.5 Å². The third kappa shape index (κ3) is 7.25. The summed E-state index contributed by atoms with van der Waals surface area (Å²) in [6.45, 7) is 5.96. The average molecular weight is 548 g/mol. The lowest BCUT2D eigenvalue weighted by Gasteiger charge is -2.30. The number of nitrogens with zero attached hydrogens (tertiary/aromatic N) is 3. The number of benzodiazepines with no additional fused rings is 1. The van der Waals surface area contributed by atoms with E-state index in [-0.39, 0.29) is 19.1 Å². The largest absolute Gasteiger partial charge is 0.459 e. The number of amides is 4. The molecule has 1 fully saturated rings. The molecule has 0 unspecified atom stereocenters. The molecule has 0 saturated carbocycles. The highest BCUT2D eigenvalue weighted by atomic mass is 16.5. The second-order valence-electron chi connectivity index (χ2n) is 10.3. The number of likely N-dealkylation sites (tertiary alicyclic amines) is 1. The second-order valence-corrected chi connectivity index (χ2v) is 10.3. The number of nitrogens with one attached hydrogen (secondary N) is 2. The Morgan fingerprint density at radius 1 is 1.00 bits per heavy atom. The molecule has 0 spiro atoms. The van der Waals surface area contributed by atoms with Gasteiger partial charge in [-0.3, -0.25) is 24.3 Å². The molecule has 0 radical (unpaired) electrons. The third-order valence-corrected chi connectivity index (χ3v) is 7.06. The van der Waals surface area contributed by atoms with Gasteiger partial charge >= 0.3 is 12.0 Å². The van der Waals surface area contributed by atoms with Gasteiger partial charge < -0.3 is 20.3 Å². The Hall–Kier alpha value is -4.21. The smallest absolute Gasteiger partial charge is 0.321 e. The summed E-state index contributed by atoms with van der Waals surface area (Å²) >= 11 is 0. The number of hydrogen-bond acceptors (Lipinski definition) is 6. The molecule has 10 heteroatoms. The fourth-order valence-electron chi connectivity index (χ4n) is 5.07. The average Bonchev–Trinajstić information content (AvgIpc) is 2.98. The SMILES string of the molecule is CC(=O)OCC1=N[C@@H](NC(=O)Nc2cccc(C)c2)C(=O)N(CC(=O)N2CCCCCCC2)c2c(C)cccc21. The molecule has 0 aromatic heterocycles. The van der Waals surface area contributed by atoms with Crippen LogP contribution in [0.2, 0.25) is 0 Å². The fourth-order valence-corrected chi connectivity index (χ4v) is 5.07. The van der Waals surface area contributed by atoms with E-state index in [0.29, 0.717) is 35.7 Å². The van der Waals surface area contributed by atoms with Crippen LogP contribution in [0.15, 0.2) is 47.5 Å². The number of carbonyl (C=O) groups excluding carboxylic acids is 4. The molecule has 4 rings (SSSR count). The van der Waals surface area contributed by atoms with Gasteiger partial charge in [-0.15, -0.1) is 0 Å². The highest BCUT2D eigenvalue weighted by molar-refractivity contribution is 6.16. The van der Waals surface area contributed by atoms with Crippen LogP contribution in [0.5, 0.6) is 0 Å². The van der Waals surface area contributed by atoms with E-state index in [4.69, 9.17) is 4.74 Å². The van der Waals surface area contributed by atoms with E-state index in [9.17, 15) is 19.2 Å². The Balaban J connectivity index is 1.67. The standard InChI is InChI=1S/C30H37N5O5/c1-20-11-9-13-23(17-20)31-30(39)33-28-29(38)35(18-26(37)34-15-7-5-4-6-8-16-34)27-21(2)12-10-14-24(27)25(32-28)19-40-22(3)36/h9-14,17,28H,4-8,15-16,18-19H2,1-3H3,(H2,31,33,39)/t28-/m0/s1. The van der Waals surface area contributed by atoms with E-state index >= 15 is 0 Å². The lowest BCUT2D eigenvalue weighted by Crippen LogP contribution is -2.52. The maximum atomic E-state index is 14.0. The Labute approximate surface area is 234 Å². The number of para-hydroxylation sites is 1. The van der Waals surface area contributed by atoms with Crippen LogP contribution in [-0.4, -0.2) is 66.8 Å². The number of hydrogen-bond donors (Lipinski definition) is 2. The molecular weight excluding hydrogens is 510 g/mol. The van der Waals surface area contributed by atoms with Crippen molar-refractivity contribution in [2.24, 2.45) is 4.99 Å². The van der Waals surface area contributed by atoms with Crippen LogP contribution in [0.3, 0.4) is 0 Å². The maximum Gasteiger partial charge on any atom is 0.321 e. The van der Waals surface area contributed by atoms with Crippen molar-refractivity contribution in [2.45, 2.75) is 59.0 Å². The molecular formula is C30H37N5O5. The fraction of sp³-hybridized carbons (Fsp3) is 0.433. The van der Waals surface area contributed by atoms with E-state index in [2.05, 4.69) is 15.6 Å². The molecule has 40 heavy (non-hydrogen) atoms. The summed E-state index contributed by atoms with van der Waals surface area (Å²) in [5, 5.41) is 5.39. The van der Waals surface area contributed by atoms with Crippen molar-refractivity contribution in [3.8, 4) is 0 Å². The molecule has 2 aromatic carbocycles. The van der Waals surface area contributed by atoms with Crippen molar-refractivity contribution in [3.63, 3.8) is 0 Å². The summed E-state index contributed by atoms with van der Waals surface area (Å²) < 4.78 is 5.27. The molecule has 2 aliphatic heterocycles. The number of aryl methyl sites for hydroxylation is 2. The van der Waals surface area contributed by atoms with Gasteiger partial charge in [-0.1, -0.05) is 49.6 Å². The first-order valence-electron chi connectivity index (χ1n) is 13.8. The minimum Gasteiger partial charge on any atom is -0.459 e. The number of benzene rings is 2. The van der Waals surface area contributed by atoms with Crippen molar-refractivity contribution >= 4 is 40.9 Å². The zero-order valence-corrected chi connectivity index (χ0v) is 23.4. The van der Waals surface area contributed by atoms with Crippen LogP contribution in [0, 0.1) is 13.8 Å². The topological polar surface area (TPSA) is 120 Å². The highest BCUT2D eigenvalue weighted by Crippen LogP contribution is 2.30. The third-order valence-electron chi connectivity index (χ3n) is 7.06. The van der Waals surface area contributed by atoms with Gasteiger partial charge in [0.15, 0.2) is 0 Å². The van der Waals surface area contributed by atoms with E-state index in [1.807, 2.05) is 43.0 Å². The van der Waals surface area contributed by atoms with Crippen LogP contribution in [0.1, 0.15) is 55.7 Å². The lowest BCUT2D eigenvalue weighted by molar-refractivity contribution is -0.139. The van der Waals surface area contributed by atoms with Gasteiger partial charge in [0.05, 0.1) is 11.4 Å². The molecule has 4 amide bonds. The van der Waals surface area contributed by atoms with E-state index < -0.39 is 24.1 Å². The molecule has 0 aliphatic carbocycles. The number of ether oxygens (including phenoxy) is 1. The normalized spacial score (nSPS) is 17.5. The Morgan fingerprint density at radius 2 is 1.70 bits per heavy atom. The molecule has 2 aliphatic rings. The van der Waals surface area contributed by atoms with Crippen LogP contribution in [0.25, 0.3) is 0 Å². The monoisotopic (exact) mass is 547 g/mol. The van der Waals surface area contributed by atoms with E-state index in [1.54, 1.807) is 18.2 Å². The van der Waals surface area contributed by atoms with Gasteiger partial charge in [-0.2, -0.15) is 0 Å². The predicted molar refractivity (Wildman–Crippen MR) is 153 cm³/mol. The van der Waals surface area contributed by atoms with Gasteiger partial charge in [-0.05, 0) is 49.9 Å². The molecule has 2 aromatic rings. The summed E-state index contributed by atoms with van der Waals surface area (Å²) in [5.41, 5.74) is 3.69. The molecule has 10 nitrogen and oxygen atoms in total. The predicted octanol–water partition coefficient (Wildman–Crippen LogP) is 3.94. The Bertz CT molecular complexity index is 1300. The second kappa shape index (κ2) is 13.2.